The van der Waals surface area contributed by atoms with Crippen LogP contribution in [0, 0.1) is 16.4 Å². The highest BCUT2D eigenvalue weighted by Crippen LogP contribution is 2.27. The van der Waals surface area contributed by atoms with Gasteiger partial charge in [-0.15, -0.1) is 0 Å². The Morgan fingerprint density at radius 2 is 2.07 bits per heavy atom. The molecule has 0 aliphatic rings. The maximum absolute atomic E-state index is 6.21. The second kappa shape index (κ2) is 5.12. The summed E-state index contributed by atoms with van der Waals surface area (Å²) in [5.74, 6) is 0.547. The first kappa shape index (κ1) is 12.0. The lowest BCUT2D eigenvalue weighted by molar-refractivity contribution is 0.455. The Morgan fingerprint density at radius 1 is 1.43 bits per heavy atom. The lowest BCUT2D eigenvalue weighted by Crippen LogP contribution is -2.19. The normalized spacial score (nSPS) is 15.2. The van der Waals surface area contributed by atoms with Gasteiger partial charge in [0, 0.05) is 9.61 Å². The van der Waals surface area contributed by atoms with Crippen LogP contribution in [0.5, 0.6) is 0 Å². The van der Waals surface area contributed by atoms with Gasteiger partial charge < -0.3 is 5.73 Å². The molecule has 78 valence electrons. The zero-order valence-corrected chi connectivity index (χ0v) is 11.2. The summed E-state index contributed by atoms with van der Waals surface area (Å²) < 4.78 is 1.32. The van der Waals surface area contributed by atoms with Gasteiger partial charge in [-0.05, 0) is 46.6 Å². The van der Waals surface area contributed by atoms with Crippen molar-refractivity contribution >= 4 is 22.6 Å². The number of rotatable bonds is 3. The molecule has 0 bridgehead atoms. The van der Waals surface area contributed by atoms with E-state index in [1.807, 2.05) is 0 Å². The van der Waals surface area contributed by atoms with Gasteiger partial charge in [0.05, 0.1) is 0 Å². The highest BCUT2D eigenvalue weighted by atomic mass is 127. The van der Waals surface area contributed by atoms with E-state index in [1.54, 1.807) is 0 Å². The van der Waals surface area contributed by atoms with E-state index in [9.17, 15) is 0 Å². The van der Waals surface area contributed by atoms with Crippen LogP contribution in [-0.4, -0.2) is 0 Å². The summed E-state index contributed by atoms with van der Waals surface area (Å²) in [6.07, 6.45) is 1.13. The first-order valence-electron chi connectivity index (χ1n) is 5.08. The molecule has 0 saturated heterocycles. The fourth-order valence-electron chi connectivity index (χ4n) is 1.49. The number of aryl methyl sites for hydroxylation is 1. The molecule has 1 rings (SSSR count). The van der Waals surface area contributed by atoms with Crippen LogP contribution in [0.2, 0.25) is 0 Å². The molecule has 2 heteroatoms. The molecule has 0 aliphatic carbocycles. The molecule has 0 spiro atoms. The van der Waals surface area contributed by atoms with Crippen LogP contribution < -0.4 is 5.73 Å². The maximum Gasteiger partial charge on any atom is 0.0331 e. The van der Waals surface area contributed by atoms with E-state index < -0.39 is 0 Å². The van der Waals surface area contributed by atoms with E-state index in [0.29, 0.717) is 5.92 Å². The standard InChI is InChI=1S/C12H18IN/c1-4-8(2)12(14)10-7-5-6-9(3)11(10)13/h5-8,12H,4,14H2,1-3H3. The Morgan fingerprint density at radius 3 is 2.64 bits per heavy atom. The van der Waals surface area contributed by atoms with Crippen molar-refractivity contribution in [2.45, 2.75) is 33.2 Å². The number of benzene rings is 1. The second-order valence-electron chi connectivity index (χ2n) is 3.89. The van der Waals surface area contributed by atoms with E-state index in [0.717, 1.165) is 6.42 Å². The SMILES string of the molecule is CCC(C)C(N)c1cccc(C)c1I. The molecule has 0 aliphatic heterocycles. The van der Waals surface area contributed by atoms with Gasteiger partial charge in [0.1, 0.15) is 0 Å². The minimum absolute atomic E-state index is 0.173. The summed E-state index contributed by atoms with van der Waals surface area (Å²) in [7, 11) is 0. The van der Waals surface area contributed by atoms with Crippen LogP contribution in [0.15, 0.2) is 18.2 Å². The molecule has 2 atom stereocenters. The molecule has 0 amide bonds. The van der Waals surface area contributed by atoms with Gasteiger partial charge in [0.2, 0.25) is 0 Å². The average Bonchev–Trinajstić information content (AvgIpc) is 2.20. The Kier molecular flexibility index (Phi) is 4.38. The van der Waals surface area contributed by atoms with Gasteiger partial charge in [-0.3, -0.25) is 0 Å². The van der Waals surface area contributed by atoms with Crippen LogP contribution in [-0.2, 0) is 0 Å². The van der Waals surface area contributed by atoms with E-state index >= 15 is 0 Å². The molecule has 2 unspecified atom stereocenters. The molecular weight excluding hydrogens is 285 g/mol. The van der Waals surface area contributed by atoms with Crippen LogP contribution >= 0.6 is 22.6 Å². The molecule has 1 nitrogen and oxygen atoms in total. The Balaban J connectivity index is 3.01. The summed E-state index contributed by atoms with van der Waals surface area (Å²) in [6.45, 7) is 6.53. The lowest BCUT2D eigenvalue weighted by Gasteiger charge is -2.20. The Hall–Kier alpha value is -0.0900. The fourth-order valence-corrected chi connectivity index (χ4v) is 2.21. The maximum atomic E-state index is 6.21. The van der Waals surface area contributed by atoms with Crippen molar-refractivity contribution in [3.63, 3.8) is 0 Å². The molecule has 14 heavy (non-hydrogen) atoms. The zero-order valence-electron chi connectivity index (χ0n) is 9.05. The van der Waals surface area contributed by atoms with E-state index in [2.05, 4.69) is 61.6 Å². The minimum atomic E-state index is 0.173. The molecular formula is C12H18IN. The monoisotopic (exact) mass is 303 g/mol. The number of hydrogen-bond acceptors (Lipinski definition) is 1. The molecule has 1 aromatic rings. The fraction of sp³-hybridized carbons (Fsp3) is 0.500. The number of nitrogens with two attached hydrogens (primary N) is 1. The number of halogens is 1. The minimum Gasteiger partial charge on any atom is -0.324 e. The molecule has 0 heterocycles. The van der Waals surface area contributed by atoms with Gasteiger partial charge in [-0.2, -0.15) is 0 Å². The first-order chi connectivity index (χ1) is 6.57. The van der Waals surface area contributed by atoms with Crippen molar-refractivity contribution in [2.24, 2.45) is 11.7 Å². The van der Waals surface area contributed by atoms with Crippen LogP contribution in [0.3, 0.4) is 0 Å². The van der Waals surface area contributed by atoms with E-state index in [4.69, 9.17) is 5.73 Å². The summed E-state index contributed by atoms with van der Waals surface area (Å²) in [6, 6.07) is 6.54. The third kappa shape index (κ3) is 2.48. The van der Waals surface area contributed by atoms with Gasteiger partial charge in [0.25, 0.3) is 0 Å². The average molecular weight is 303 g/mol. The second-order valence-corrected chi connectivity index (χ2v) is 4.97. The van der Waals surface area contributed by atoms with Crippen LogP contribution in [0.25, 0.3) is 0 Å². The quantitative estimate of drug-likeness (QED) is 0.848. The van der Waals surface area contributed by atoms with E-state index in [-0.39, 0.29) is 6.04 Å². The summed E-state index contributed by atoms with van der Waals surface area (Å²) in [4.78, 5) is 0. The Bertz CT molecular complexity index is 309. The molecule has 0 radical (unpaired) electrons. The molecule has 0 saturated carbocycles. The largest absolute Gasteiger partial charge is 0.324 e. The van der Waals surface area contributed by atoms with Crippen molar-refractivity contribution in [3.8, 4) is 0 Å². The highest BCUT2D eigenvalue weighted by Gasteiger charge is 2.16. The molecule has 1 aromatic carbocycles. The summed E-state index contributed by atoms with van der Waals surface area (Å²) in [5.41, 5.74) is 8.83. The smallest absolute Gasteiger partial charge is 0.0331 e. The molecule has 2 N–H and O–H groups in total. The Labute approximate surface area is 100 Å². The first-order valence-corrected chi connectivity index (χ1v) is 6.16. The predicted molar refractivity (Wildman–Crippen MR) is 70.3 cm³/mol. The van der Waals surface area contributed by atoms with Crippen molar-refractivity contribution < 1.29 is 0 Å². The van der Waals surface area contributed by atoms with E-state index in [1.165, 1.54) is 14.7 Å². The lowest BCUT2D eigenvalue weighted by atomic mass is 9.92. The van der Waals surface area contributed by atoms with Gasteiger partial charge >= 0.3 is 0 Å². The zero-order chi connectivity index (χ0) is 10.7. The number of hydrogen-bond donors (Lipinski definition) is 1. The van der Waals surface area contributed by atoms with Crippen molar-refractivity contribution in [3.05, 3.63) is 32.9 Å². The third-order valence-electron chi connectivity index (χ3n) is 2.84. The van der Waals surface area contributed by atoms with Gasteiger partial charge in [-0.1, -0.05) is 38.5 Å². The topological polar surface area (TPSA) is 26.0 Å². The molecule has 0 fully saturated rings. The van der Waals surface area contributed by atoms with Crippen LogP contribution in [0.4, 0.5) is 0 Å². The molecule has 0 aromatic heterocycles. The summed E-state index contributed by atoms with van der Waals surface area (Å²) >= 11 is 2.39. The highest BCUT2D eigenvalue weighted by molar-refractivity contribution is 14.1. The third-order valence-corrected chi connectivity index (χ3v) is 4.31. The van der Waals surface area contributed by atoms with Crippen LogP contribution in [0.1, 0.15) is 37.4 Å². The van der Waals surface area contributed by atoms with Gasteiger partial charge in [0.15, 0.2) is 0 Å². The predicted octanol–water partition coefficient (Wildman–Crippen LogP) is 3.65. The van der Waals surface area contributed by atoms with Crippen molar-refractivity contribution in [2.75, 3.05) is 0 Å². The van der Waals surface area contributed by atoms with Crippen molar-refractivity contribution in [1.82, 2.24) is 0 Å². The summed E-state index contributed by atoms with van der Waals surface area (Å²) in [5, 5.41) is 0. The van der Waals surface area contributed by atoms with Crippen molar-refractivity contribution in [1.29, 1.82) is 0 Å². The van der Waals surface area contributed by atoms with Gasteiger partial charge in [-0.25, -0.2) is 0 Å².